The number of hydrogen-bond acceptors (Lipinski definition) is 5. The number of nitrogens with zero attached hydrogens (tertiary/aromatic N) is 3. The van der Waals surface area contributed by atoms with Crippen molar-refractivity contribution in [3.8, 4) is 17.6 Å². The van der Waals surface area contributed by atoms with E-state index in [9.17, 15) is 10.1 Å². The summed E-state index contributed by atoms with van der Waals surface area (Å²) in [6.07, 6.45) is 8.69. The van der Waals surface area contributed by atoms with E-state index in [4.69, 9.17) is 9.47 Å². The van der Waals surface area contributed by atoms with Gasteiger partial charge in [0.2, 0.25) is 0 Å². The van der Waals surface area contributed by atoms with Crippen molar-refractivity contribution in [2.45, 2.75) is 0 Å². The maximum absolute atomic E-state index is 12.2. The van der Waals surface area contributed by atoms with Crippen molar-refractivity contribution in [2.24, 2.45) is 15.9 Å². The zero-order chi connectivity index (χ0) is 17.8. The number of carbonyl (C=O) groups is 1. The van der Waals surface area contributed by atoms with Gasteiger partial charge in [0.25, 0.3) is 5.91 Å². The zero-order valence-corrected chi connectivity index (χ0v) is 13.8. The Bertz CT molecular complexity index is 914. The molecular formula is C19H15N3O3. The van der Waals surface area contributed by atoms with E-state index >= 15 is 0 Å². The van der Waals surface area contributed by atoms with Crippen LogP contribution in [0, 0.1) is 17.2 Å². The third-order valence-corrected chi connectivity index (χ3v) is 3.80. The normalized spacial score (nSPS) is 18.8. The first-order valence-electron chi connectivity index (χ1n) is 7.56. The Morgan fingerprint density at radius 2 is 2.00 bits per heavy atom. The lowest BCUT2D eigenvalue weighted by atomic mass is 9.96. The maximum atomic E-state index is 12.2. The fourth-order valence-electron chi connectivity index (χ4n) is 2.55. The minimum absolute atomic E-state index is 0.119. The molecule has 0 fully saturated rings. The van der Waals surface area contributed by atoms with Crippen LogP contribution >= 0.6 is 0 Å². The van der Waals surface area contributed by atoms with Crippen LogP contribution in [0.2, 0.25) is 0 Å². The molecule has 1 aliphatic carbocycles. The van der Waals surface area contributed by atoms with E-state index in [2.05, 4.69) is 16.1 Å². The highest BCUT2D eigenvalue weighted by Crippen LogP contribution is 2.29. The lowest BCUT2D eigenvalue weighted by Gasteiger charge is -2.17. The predicted molar refractivity (Wildman–Crippen MR) is 94.8 cm³/mol. The van der Waals surface area contributed by atoms with E-state index in [1.165, 1.54) is 7.11 Å². The van der Waals surface area contributed by atoms with Gasteiger partial charge in [0.15, 0.2) is 17.3 Å². The van der Waals surface area contributed by atoms with Crippen molar-refractivity contribution >= 4 is 23.5 Å². The standard InChI is InChI=1S/C19H15N3O3/c1-24-16-8-7-12(10-17(16)25-2)9-13(11-20)18-21-15-6-4-3-5-14(15)19(23)22-18/h3-10,14H,1-2H3/b13-9+. The molecule has 0 aromatic heterocycles. The molecule has 124 valence electrons. The van der Waals surface area contributed by atoms with Gasteiger partial charge in [-0.3, -0.25) is 4.79 Å². The van der Waals surface area contributed by atoms with E-state index in [1.54, 1.807) is 55.7 Å². The quantitative estimate of drug-likeness (QED) is 0.793. The Morgan fingerprint density at radius 1 is 1.20 bits per heavy atom. The number of fused-ring (bicyclic) bond motifs is 1. The van der Waals surface area contributed by atoms with Crippen molar-refractivity contribution in [1.82, 2.24) is 0 Å². The molecule has 0 N–H and O–H groups in total. The minimum atomic E-state index is -0.463. The van der Waals surface area contributed by atoms with Crippen LogP contribution in [0.1, 0.15) is 5.56 Å². The number of amidine groups is 1. The first kappa shape index (κ1) is 16.4. The fraction of sp³-hybridized carbons (Fsp3) is 0.158. The monoisotopic (exact) mass is 333 g/mol. The van der Waals surface area contributed by atoms with Gasteiger partial charge in [-0.05, 0) is 29.8 Å². The second-order valence-electron chi connectivity index (χ2n) is 5.32. The molecule has 25 heavy (non-hydrogen) atoms. The van der Waals surface area contributed by atoms with Crippen molar-refractivity contribution in [3.05, 3.63) is 53.6 Å². The number of carbonyl (C=O) groups excluding carboxylic acids is 1. The number of aliphatic imine (C=N–C) groups is 2. The molecule has 1 amide bonds. The van der Waals surface area contributed by atoms with Crippen LogP contribution in [0.25, 0.3) is 6.08 Å². The highest BCUT2D eigenvalue weighted by atomic mass is 16.5. The summed E-state index contributed by atoms with van der Waals surface area (Å²) in [6.45, 7) is 0. The van der Waals surface area contributed by atoms with Gasteiger partial charge in [0.05, 0.1) is 25.5 Å². The summed E-state index contributed by atoms with van der Waals surface area (Å²) in [6, 6.07) is 7.32. The zero-order valence-electron chi connectivity index (χ0n) is 13.8. The van der Waals surface area contributed by atoms with Crippen LogP contribution in [0.4, 0.5) is 0 Å². The predicted octanol–water partition coefficient (Wildman–Crippen LogP) is 2.73. The lowest BCUT2D eigenvalue weighted by molar-refractivity contribution is -0.118. The third-order valence-electron chi connectivity index (χ3n) is 3.80. The maximum Gasteiger partial charge on any atom is 0.260 e. The summed E-state index contributed by atoms with van der Waals surface area (Å²) in [5, 5.41) is 9.48. The average molecular weight is 333 g/mol. The van der Waals surface area contributed by atoms with E-state index in [0.717, 1.165) is 0 Å². The molecule has 1 aliphatic heterocycles. The van der Waals surface area contributed by atoms with Gasteiger partial charge >= 0.3 is 0 Å². The van der Waals surface area contributed by atoms with E-state index in [-0.39, 0.29) is 17.3 Å². The fourth-order valence-corrected chi connectivity index (χ4v) is 2.55. The summed E-state index contributed by atoms with van der Waals surface area (Å²) in [4.78, 5) is 20.5. The van der Waals surface area contributed by atoms with Gasteiger partial charge in [0.1, 0.15) is 12.0 Å². The average Bonchev–Trinajstić information content (AvgIpc) is 2.65. The van der Waals surface area contributed by atoms with Gasteiger partial charge in [-0.15, -0.1) is 0 Å². The van der Waals surface area contributed by atoms with Crippen LogP contribution in [-0.4, -0.2) is 31.7 Å². The SMILES string of the molecule is COc1ccc(/C=C(\C#N)C2=NC(=O)C3C=CC=CC3=N2)cc1OC. The number of amides is 1. The molecule has 1 heterocycles. The lowest BCUT2D eigenvalue weighted by Crippen LogP contribution is -2.27. The molecule has 1 unspecified atom stereocenters. The molecule has 1 atom stereocenters. The molecule has 0 saturated carbocycles. The summed E-state index contributed by atoms with van der Waals surface area (Å²) in [5.41, 5.74) is 1.51. The smallest absolute Gasteiger partial charge is 0.260 e. The van der Waals surface area contributed by atoms with Crippen molar-refractivity contribution in [1.29, 1.82) is 5.26 Å². The summed E-state index contributed by atoms with van der Waals surface area (Å²) in [7, 11) is 3.09. The van der Waals surface area contributed by atoms with Crippen LogP contribution < -0.4 is 9.47 Å². The second-order valence-corrected chi connectivity index (χ2v) is 5.32. The van der Waals surface area contributed by atoms with Gasteiger partial charge in [0, 0.05) is 0 Å². The van der Waals surface area contributed by atoms with Gasteiger partial charge in [-0.1, -0.05) is 24.3 Å². The molecule has 1 aromatic rings. The van der Waals surface area contributed by atoms with E-state index in [0.29, 0.717) is 22.8 Å². The molecule has 1 aromatic carbocycles. The number of nitriles is 1. The minimum Gasteiger partial charge on any atom is -0.493 e. The Balaban J connectivity index is 1.98. The summed E-state index contributed by atoms with van der Waals surface area (Å²) < 4.78 is 10.5. The molecule has 0 bridgehead atoms. The number of allylic oxidation sites excluding steroid dienone is 3. The second kappa shape index (κ2) is 6.97. The Kier molecular flexibility index (Phi) is 4.57. The van der Waals surface area contributed by atoms with Crippen LogP contribution in [0.15, 0.2) is 58.1 Å². The molecule has 6 heteroatoms. The molecule has 2 aliphatic rings. The van der Waals surface area contributed by atoms with Crippen molar-refractivity contribution in [2.75, 3.05) is 14.2 Å². The Labute approximate surface area is 145 Å². The van der Waals surface area contributed by atoms with Crippen molar-refractivity contribution < 1.29 is 14.3 Å². The Hall–Kier alpha value is -3.46. The summed E-state index contributed by atoms with van der Waals surface area (Å²) >= 11 is 0. The van der Waals surface area contributed by atoms with Gasteiger partial charge in [-0.2, -0.15) is 10.3 Å². The summed E-state index contributed by atoms with van der Waals surface area (Å²) in [5.74, 6) is 0.463. The number of hydrogen-bond donors (Lipinski definition) is 0. The molecule has 6 nitrogen and oxygen atoms in total. The largest absolute Gasteiger partial charge is 0.493 e. The molecule has 0 saturated heterocycles. The van der Waals surface area contributed by atoms with Crippen LogP contribution in [0.3, 0.4) is 0 Å². The number of rotatable bonds is 4. The number of methoxy groups -OCH3 is 2. The molecule has 0 radical (unpaired) electrons. The topological polar surface area (TPSA) is 84.0 Å². The van der Waals surface area contributed by atoms with E-state index < -0.39 is 5.92 Å². The van der Waals surface area contributed by atoms with Crippen LogP contribution in [-0.2, 0) is 4.79 Å². The highest BCUT2D eigenvalue weighted by Gasteiger charge is 2.27. The van der Waals surface area contributed by atoms with E-state index in [1.807, 2.05) is 0 Å². The molecule has 0 spiro atoms. The molecular weight excluding hydrogens is 318 g/mol. The molecule has 3 rings (SSSR count). The Morgan fingerprint density at radius 3 is 2.72 bits per heavy atom. The first-order valence-corrected chi connectivity index (χ1v) is 7.56. The van der Waals surface area contributed by atoms with Crippen LogP contribution in [0.5, 0.6) is 11.5 Å². The third kappa shape index (κ3) is 3.26. The first-order chi connectivity index (χ1) is 12.2. The number of ether oxygens (including phenoxy) is 2. The highest BCUT2D eigenvalue weighted by molar-refractivity contribution is 6.26. The van der Waals surface area contributed by atoms with Gasteiger partial charge < -0.3 is 9.47 Å². The number of benzene rings is 1. The van der Waals surface area contributed by atoms with Crippen molar-refractivity contribution in [3.63, 3.8) is 0 Å². The van der Waals surface area contributed by atoms with Gasteiger partial charge in [-0.25, -0.2) is 4.99 Å².